The number of carbonyl (C=O) groups is 1. The van der Waals surface area contributed by atoms with Crippen molar-refractivity contribution >= 4 is 28.8 Å². The summed E-state index contributed by atoms with van der Waals surface area (Å²) < 4.78 is 0. The van der Waals surface area contributed by atoms with Crippen molar-refractivity contribution in [2.24, 2.45) is 5.73 Å². The van der Waals surface area contributed by atoms with E-state index in [1.165, 1.54) is 0 Å². The first-order chi connectivity index (χ1) is 9.49. The number of hydrogen-bond donors (Lipinski definition) is 1. The summed E-state index contributed by atoms with van der Waals surface area (Å²) in [5.41, 5.74) is 8.50. The molecule has 0 atom stereocenters. The van der Waals surface area contributed by atoms with Crippen LogP contribution in [0.3, 0.4) is 0 Å². The molecule has 0 spiro atoms. The van der Waals surface area contributed by atoms with Crippen molar-refractivity contribution in [3.8, 4) is 0 Å². The topological polar surface area (TPSA) is 59.2 Å². The lowest BCUT2D eigenvalue weighted by Crippen LogP contribution is -2.26. The quantitative estimate of drug-likeness (QED) is 0.879. The van der Waals surface area contributed by atoms with Crippen molar-refractivity contribution in [2.45, 2.75) is 6.92 Å². The molecule has 0 bridgehead atoms. The number of anilines is 1. The number of aryl methyl sites for hydroxylation is 1. The molecule has 0 fully saturated rings. The number of thiocarbonyl (C=S) groups is 1. The molecule has 0 unspecified atom stereocenters. The number of carbonyl (C=O) groups excluding carboxylic acids is 1. The molecule has 0 aliphatic rings. The zero-order chi connectivity index (χ0) is 14.7. The smallest absolute Gasteiger partial charge is 0.258 e. The highest BCUT2D eigenvalue weighted by atomic mass is 32.1. The lowest BCUT2D eigenvalue weighted by Gasteiger charge is -2.18. The lowest BCUT2D eigenvalue weighted by molar-refractivity contribution is 0.0993. The number of nitrogens with two attached hydrogens (primary N) is 1. The van der Waals surface area contributed by atoms with Gasteiger partial charge in [-0.25, -0.2) is 0 Å². The highest BCUT2D eigenvalue weighted by molar-refractivity contribution is 7.80. The van der Waals surface area contributed by atoms with Gasteiger partial charge in [0.2, 0.25) is 0 Å². The van der Waals surface area contributed by atoms with Crippen molar-refractivity contribution in [1.82, 2.24) is 4.98 Å². The Balaban J connectivity index is 2.31. The van der Waals surface area contributed by atoms with E-state index in [9.17, 15) is 4.79 Å². The van der Waals surface area contributed by atoms with E-state index in [4.69, 9.17) is 18.0 Å². The second-order valence-corrected chi connectivity index (χ2v) is 4.90. The molecule has 4 nitrogen and oxygen atoms in total. The van der Waals surface area contributed by atoms with E-state index in [1.54, 1.807) is 36.3 Å². The van der Waals surface area contributed by atoms with Crippen LogP contribution in [-0.2, 0) is 0 Å². The predicted molar refractivity (Wildman–Crippen MR) is 84.0 cm³/mol. The second kappa shape index (κ2) is 5.79. The van der Waals surface area contributed by atoms with Crippen LogP contribution in [0.15, 0.2) is 42.6 Å². The molecule has 1 heterocycles. The Morgan fingerprint density at radius 3 is 2.65 bits per heavy atom. The summed E-state index contributed by atoms with van der Waals surface area (Å²) in [5.74, 6) is -0.101. The van der Waals surface area contributed by atoms with Crippen LogP contribution in [-0.4, -0.2) is 22.9 Å². The minimum Gasteiger partial charge on any atom is -0.389 e. The zero-order valence-electron chi connectivity index (χ0n) is 11.3. The van der Waals surface area contributed by atoms with Gasteiger partial charge in [-0.05, 0) is 31.2 Å². The van der Waals surface area contributed by atoms with Crippen molar-refractivity contribution in [1.29, 1.82) is 0 Å². The summed E-state index contributed by atoms with van der Waals surface area (Å²) in [6, 6.07) is 10.7. The predicted octanol–water partition coefficient (Wildman–Crippen LogP) is 2.30. The molecule has 0 saturated carbocycles. The Bertz CT molecular complexity index is 670. The van der Waals surface area contributed by atoms with Gasteiger partial charge in [0.15, 0.2) is 0 Å². The van der Waals surface area contributed by atoms with Gasteiger partial charge in [-0.3, -0.25) is 9.78 Å². The summed E-state index contributed by atoms with van der Waals surface area (Å²) in [6.45, 7) is 1.85. The van der Waals surface area contributed by atoms with Crippen LogP contribution in [0.2, 0.25) is 0 Å². The third-order valence-electron chi connectivity index (χ3n) is 2.97. The first-order valence-electron chi connectivity index (χ1n) is 6.09. The molecule has 2 rings (SSSR count). The van der Waals surface area contributed by atoms with Crippen molar-refractivity contribution in [2.75, 3.05) is 11.9 Å². The molecule has 5 heteroatoms. The van der Waals surface area contributed by atoms with Gasteiger partial charge < -0.3 is 10.6 Å². The van der Waals surface area contributed by atoms with E-state index in [1.807, 2.05) is 25.1 Å². The minimum atomic E-state index is -0.101. The highest BCUT2D eigenvalue weighted by Gasteiger charge is 2.14. The molecular weight excluding hydrogens is 270 g/mol. The summed E-state index contributed by atoms with van der Waals surface area (Å²) in [5, 5.41) is 0. The molecule has 0 aliphatic heterocycles. The summed E-state index contributed by atoms with van der Waals surface area (Å²) >= 11 is 4.95. The fourth-order valence-electron chi connectivity index (χ4n) is 1.86. The van der Waals surface area contributed by atoms with Crippen LogP contribution in [0.1, 0.15) is 21.6 Å². The molecule has 2 N–H and O–H groups in total. The van der Waals surface area contributed by atoms with E-state index in [2.05, 4.69) is 4.98 Å². The molecule has 0 saturated heterocycles. The zero-order valence-corrected chi connectivity index (χ0v) is 12.1. The monoisotopic (exact) mass is 285 g/mol. The maximum absolute atomic E-state index is 12.4. The number of benzene rings is 1. The fourth-order valence-corrected chi connectivity index (χ4v) is 1.98. The van der Waals surface area contributed by atoms with Crippen LogP contribution >= 0.6 is 12.2 Å². The van der Waals surface area contributed by atoms with Crippen LogP contribution in [0.25, 0.3) is 0 Å². The molecule has 1 aromatic heterocycles. The van der Waals surface area contributed by atoms with Crippen LogP contribution in [0.5, 0.6) is 0 Å². The first kappa shape index (κ1) is 14.1. The van der Waals surface area contributed by atoms with Crippen LogP contribution in [0, 0.1) is 6.92 Å². The number of hydrogen-bond acceptors (Lipinski definition) is 3. The third-order valence-corrected chi connectivity index (χ3v) is 3.20. The van der Waals surface area contributed by atoms with Gasteiger partial charge in [-0.15, -0.1) is 0 Å². The van der Waals surface area contributed by atoms with Crippen molar-refractivity contribution in [3.05, 3.63) is 59.4 Å². The normalized spacial score (nSPS) is 10.1. The van der Waals surface area contributed by atoms with E-state index < -0.39 is 0 Å². The average molecular weight is 285 g/mol. The maximum Gasteiger partial charge on any atom is 0.258 e. The van der Waals surface area contributed by atoms with Crippen molar-refractivity contribution < 1.29 is 4.79 Å². The van der Waals surface area contributed by atoms with E-state index in [0.29, 0.717) is 10.6 Å². The van der Waals surface area contributed by atoms with Gasteiger partial charge in [0.05, 0.1) is 0 Å². The standard InChI is InChI=1S/C15H15N3OS/c1-10-8-12(6-7-17-10)15(19)18(2)13-5-3-4-11(9-13)14(16)20/h3-9H,1-2H3,(H2,16,20). The number of amides is 1. The Labute approximate surface area is 123 Å². The summed E-state index contributed by atoms with van der Waals surface area (Å²) in [7, 11) is 1.72. The van der Waals surface area contributed by atoms with Gasteiger partial charge >= 0.3 is 0 Å². The number of pyridine rings is 1. The van der Waals surface area contributed by atoms with Gasteiger partial charge in [-0.2, -0.15) is 0 Å². The van der Waals surface area contributed by atoms with E-state index in [-0.39, 0.29) is 5.91 Å². The third kappa shape index (κ3) is 3.00. The second-order valence-electron chi connectivity index (χ2n) is 4.46. The molecule has 102 valence electrons. The number of aromatic nitrogens is 1. The van der Waals surface area contributed by atoms with Gasteiger partial charge in [0.25, 0.3) is 5.91 Å². The molecular formula is C15H15N3OS. The molecule has 0 radical (unpaired) electrons. The van der Waals surface area contributed by atoms with Crippen molar-refractivity contribution in [3.63, 3.8) is 0 Å². The Morgan fingerprint density at radius 2 is 2.00 bits per heavy atom. The molecule has 1 aromatic carbocycles. The molecule has 2 aromatic rings. The first-order valence-corrected chi connectivity index (χ1v) is 6.50. The number of nitrogens with zero attached hydrogens (tertiary/aromatic N) is 2. The number of rotatable bonds is 3. The minimum absolute atomic E-state index is 0.101. The van der Waals surface area contributed by atoms with E-state index >= 15 is 0 Å². The molecule has 20 heavy (non-hydrogen) atoms. The fraction of sp³-hybridized carbons (Fsp3) is 0.133. The molecule has 0 aliphatic carbocycles. The summed E-state index contributed by atoms with van der Waals surface area (Å²) in [4.78, 5) is 18.4. The van der Waals surface area contributed by atoms with Crippen LogP contribution in [0.4, 0.5) is 5.69 Å². The average Bonchev–Trinajstić information content (AvgIpc) is 2.45. The Morgan fingerprint density at radius 1 is 1.25 bits per heavy atom. The largest absolute Gasteiger partial charge is 0.389 e. The van der Waals surface area contributed by atoms with E-state index in [0.717, 1.165) is 16.9 Å². The molecule has 1 amide bonds. The maximum atomic E-state index is 12.4. The highest BCUT2D eigenvalue weighted by Crippen LogP contribution is 2.17. The Kier molecular flexibility index (Phi) is 4.10. The van der Waals surface area contributed by atoms with Gasteiger partial charge in [-0.1, -0.05) is 24.4 Å². The summed E-state index contributed by atoms with van der Waals surface area (Å²) in [6.07, 6.45) is 1.63. The Hall–Kier alpha value is -2.27. The van der Waals surface area contributed by atoms with Gasteiger partial charge in [0.1, 0.15) is 4.99 Å². The van der Waals surface area contributed by atoms with Gasteiger partial charge in [0, 0.05) is 35.8 Å². The van der Waals surface area contributed by atoms with Crippen LogP contribution < -0.4 is 10.6 Å². The lowest BCUT2D eigenvalue weighted by atomic mass is 10.1. The SMILES string of the molecule is Cc1cc(C(=O)N(C)c2cccc(C(N)=S)c2)ccn1.